The molecule has 2 aromatic carbocycles. The largest absolute Gasteiger partial charge is 0.370 e. The molecule has 0 aliphatic carbocycles. The second-order valence-corrected chi connectivity index (χ2v) is 10.1. The van der Waals surface area contributed by atoms with Crippen molar-refractivity contribution in [3.63, 3.8) is 0 Å². The minimum absolute atomic E-state index is 0.498. The molecule has 3 aromatic rings. The molecule has 0 amide bonds. The van der Waals surface area contributed by atoms with Gasteiger partial charge in [-0.1, -0.05) is 55.8 Å². The van der Waals surface area contributed by atoms with Crippen LogP contribution in [0.25, 0.3) is 11.1 Å². The number of hydrogen-bond acceptors (Lipinski definition) is 4. The molecule has 0 N–H and O–H groups in total. The van der Waals surface area contributed by atoms with Gasteiger partial charge in [0.15, 0.2) is 0 Å². The molecule has 156 valence electrons. The van der Waals surface area contributed by atoms with Crippen molar-refractivity contribution >= 4 is 41.7 Å². The first-order valence-electron chi connectivity index (χ1n) is 10.4. The van der Waals surface area contributed by atoms with Gasteiger partial charge < -0.3 is 4.90 Å². The van der Waals surface area contributed by atoms with Crippen LogP contribution in [0.1, 0.15) is 37.3 Å². The zero-order valence-corrected chi connectivity index (χ0v) is 19.9. The summed E-state index contributed by atoms with van der Waals surface area (Å²) in [6, 6.07) is 19.5. The maximum Gasteiger partial charge on any atom is 0.0964 e. The van der Waals surface area contributed by atoms with Gasteiger partial charge in [-0.2, -0.15) is 12.6 Å². The lowest BCUT2D eigenvalue weighted by Gasteiger charge is -2.23. The highest BCUT2D eigenvalue weighted by Crippen LogP contribution is 2.36. The van der Waals surface area contributed by atoms with E-state index in [9.17, 15) is 0 Å². The van der Waals surface area contributed by atoms with Gasteiger partial charge in [-0.05, 0) is 58.9 Å². The minimum atomic E-state index is 0.498. The normalized spacial score (nSPS) is 16.4. The third-order valence-corrected chi connectivity index (χ3v) is 7.38. The van der Waals surface area contributed by atoms with E-state index < -0.39 is 0 Å². The molecule has 0 spiro atoms. The van der Waals surface area contributed by atoms with E-state index in [2.05, 4.69) is 78.8 Å². The highest BCUT2D eigenvalue weighted by molar-refractivity contribution is 7.99. The Labute approximate surface area is 194 Å². The minimum Gasteiger partial charge on any atom is -0.370 e. The highest BCUT2D eigenvalue weighted by atomic mass is 35.5. The van der Waals surface area contributed by atoms with Gasteiger partial charge in [0.2, 0.25) is 0 Å². The molecule has 1 aromatic heterocycles. The maximum atomic E-state index is 5.96. The van der Waals surface area contributed by atoms with Crippen molar-refractivity contribution < 1.29 is 0 Å². The second-order valence-electron chi connectivity index (χ2n) is 8.03. The lowest BCUT2D eigenvalue weighted by molar-refractivity contribution is 0.869. The van der Waals surface area contributed by atoms with Crippen molar-refractivity contribution in [1.29, 1.82) is 0 Å². The summed E-state index contributed by atoms with van der Waals surface area (Å²) in [7, 11) is 0. The number of nitrogens with zero attached hydrogens (tertiary/aromatic N) is 2. The van der Waals surface area contributed by atoms with Gasteiger partial charge in [0.05, 0.1) is 10.0 Å². The SMILES string of the molecule is CC(C)c1ccccc1-c1ccc(N2CC[C@H](Sc3ccc(Cl)cn3)C2)c(CS)c1. The Morgan fingerprint density at radius 2 is 2.00 bits per heavy atom. The van der Waals surface area contributed by atoms with Crippen LogP contribution in [0.15, 0.2) is 65.8 Å². The topological polar surface area (TPSA) is 16.1 Å². The van der Waals surface area contributed by atoms with Crippen LogP contribution >= 0.6 is 36.0 Å². The Balaban J connectivity index is 1.53. The van der Waals surface area contributed by atoms with E-state index in [1.54, 1.807) is 6.20 Å². The van der Waals surface area contributed by atoms with E-state index in [0.717, 1.165) is 30.3 Å². The van der Waals surface area contributed by atoms with Crippen molar-refractivity contribution in [2.45, 2.75) is 42.2 Å². The van der Waals surface area contributed by atoms with E-state index in [-0.39, 0.29) is 0 Å². The Morgan fingerprint density at radius 3 is 2.73 bits per heavy atom. The number of rotatable bonds is 6. The first kappa shape index (κ1) is 21.6. The van der Waals surface area contributed by atoms with Crippen molar-refractivity contribution in [2.24, 2.45) is 0 Å². The van der Waals surface area contributed by atoms with Crippen LogP contribution in [0.5, 0.6) is 0 Å². The number of thioether (sulfide) groups is 1. The molecule has 2 heterocycles. The summed E-state index contributed by atoms with van der Waals surface area (Å²) in [6.07, 6.45) is 2.88. The second kappa shape index (κ2) is 9.67. The quantitative estimate of drug-likeness (QED) is 0.393. The summed E-state index contributed by atoms with van der Waals surface area (Å²) < 4.78 is 0. The fourth-order valence-corrected chi connectivity index (χ4v) is 5.54. The fourth-order valence-electron chi connectivity index (χ4n) is 4.10. The predicted molar refractivity (Wildman–Crippen MR) is 134 cm³/mol. The molecule has 1 atom stereocenters. The van der Waals surface area contributed by atoms with Crippen LogP contribution in [0, 0.1) is 0 Å². The number of halogens is 1. The summed E-state index contributed by atoms with van der Waals surface area (Å²) in [6.45, 7) is 6.60. The van der Waals surface area contributed by atoms with Crippen molar-refractivity contribution in [3.05, 3.63) is 76.9 Å². The van der Waals surface area contributed by atoms with Crippen LogP contribution in [-0.4, -0.2) is 23.3 Å². The summed E-state index contributed by atoms with van der Waals surface area (Å²) in [4.78, 5) is 6.94. The van der Waals surface area contributed by atoms with Crippen molar-refractivity contribution in [3.8, 4) is 11.1 Å². The van der Waals surface area contributed by atoms with Gasteiger partial charge in [-0.25, -0.2) is 4.98 Å². The van der Waals surface area contributed by atoms with E-state index >= 15 is 0 Å². The Kier molecular flexibility index (Phi) is 6.97. The van der Waals surface area contributed by atoms with Gasteiger partial charge in [-0.15, -0.1) is 11.8 Å². The standard InChI is InChI=1S/C25H27ClN2S2/c1-17(2)22-5-3-4-6-23(22)18-7-9-24(19(13-18)16-29)28-12-11-21(15-28)30-25-10-8-20(26)14-27-25/h3-10,13-14,17,21,29H,11-12,15-16H2,1-2H3/t21-/m0/s1. The molecule has 0 bridgehead atoms. The smallest absolute Gasteiger partial charge is 0.0964 e. The van der Waals surface area contributed by atoms with Gasteiger partial charge in [-0.3, -0.25) is 0 Å². The van der Waals surface area contributed by atoms with E-state index in [1.807, 2.05) is 23.9 Å². The third-order valence-electron chi connectivity index (χ3n) is 5.62. The van der Waals surface area contributed by atoms with Gasteiger partial charge in [0, 0.05) is 36.0 Å². The Hall–Kier alpha value is -1.62. The average molecular weight is 455 g/mol. The lowest BCUT2D eigenvalue weighted by Crippen LogP contribution is -2.21. The predicted octanol–water partition coefficient (Wildman–Crippen LogP) is 7.33. The molecule has 5 heteroatoms. The fraction of sp³-hybridized carbons (Fsp3) is 0.320. The van der Waals surface area contributed by atoms with Crippen LogP contribution in [0.4, 0.5) is 5.69 Å². The molecule has 0 radical (unpaired) electrons. The molecular formula is C25H27ClN2S2. The number of anilines is 1. The van der Waals surface area contributed by atoms with E-state index in [0.29, 0.717) is 16.2 Å². The monoisotopic (exact) mass is 454 g/mol. The first-order chi connectivity index (χ1) is 14.5. The molecule has 0 saturated carbocycles. The first-order valence-corrected chi connectivity index (χ1v) is 12.3. The number of pyridine rings is 1. The van der Waals surface area contributed by atoms with Crippen LogP contribution in [-0.2, 0) is 5.75 Å². The summed E-state index contributed by atoms with van der Waals surface area (Å²) in [5.74, 6) is 1.23. The number of hydrogen-bond donors (Lipinski definition) is 1. The molecule has 1 saturated heterocycles. The molecule has 1 aliphatic rings. The average Bonchev–Trinajstić information content (AvgIpc) is 3.23. The Morgan fingerprint density at radius 1 is 1.17 bits per heavy atom. The molecule has 2 nitrogen and oxygen atoms in total. The third kappa shape index (κ3) is 4.82. The number of aromatic nitrogens is 1. The van der Waals surface area contributed by atoms with Crippen LogP contribution in [0.2, 0.25) is 5.02 Å². The maximum absolute atomic E-state index is 5.96. The number of thiol groups is 1. The summed E-state index contributed by atoms with van der Waals surface area (Å²) >= 11 is 12.5. The molecule has 0 unspecified atom stereocenters. The van der Waals surface area contributed by atoms with Crippen molar-refractivity contribution in [2.75, 3.05) is 18.0 Å². The Bertz CT molecular complexity index is 1000. The van der Waals surface area contributed by atoms with Crippen LogP contribution in [0.3, 0.4) is 0 Å². The highest BCUT2D eigenvalue weighted by Gasteiger charge is 2.25. The molecule has 4 rings (SSSR count). The summed E-state index contributed by atoms with van der Waals surface area (Å²) in [5.41, 5.74) is 6.60. The van der Waals surface area contributed by atoms with E-state index in [1.165, 1.54) is 27.9 Å². The molecular weight excluding hydrogens is 428 g/mol. The molecule has 1 aliphatic heterocycles. The number of benzene rings is 2. The molecule has 30 heavy (non-hydrogen) atoms. The zero-order chi connectivity index (χ0) is 21.1. The van der Waals surface area contributed by atoms with E-state index in [4.69, 9.17) is 11.6 Å². The van der Waals surface area contributed by atoms with Gasteiger partial charge in [0.25, 0.3) is 0 Å². The molecule has 1 fully saturated rings. The van der Waals surface area contributed by atoms with Crippen LogP contribution < -0.4 is 4.90 Å². The van der Waals surface area contributed by atoms with Crippen molar-refractivity contribution in [1.82, 2.24) is 4.98 Å². The zero-order valence-electron chi connectivity index (χ0n) is 17.4. The lowest BCUT2D eigenvalue weighted by atomic mass is 9.92. The van der Waals surface area contributed by atoms with Gasteiger partial charge in [0.1, 0.15) is 0 Å². The van der Waals surface area contributed by atoms with Gasteiger partial charge >= 0.3 is 0 Å². The summed E-state index contributed by atoms with van der Waals surface area (Å²) in [5, 5.41) is 2.26.